The van der Waals surface area contributed by atoms with Crippen LogP contribution in [0.4, 0.5) is 11.4 Å². The number of carbonyl (C=O) groups is 2. The Balaban J connectivity index is 1.64. The van der Waals surface area contributed by atoms with Crippen LogP contribution in [-0.4, -0.2) is 18.9 Å². The first kappa shape index (κ1) is 20.1. The average molecular weight is 388 g/mol. The van der Waals surface area contributed by atoms with Gasteiger partial charge in [-0.25, -0.2) is 0 Å². The van der Waals surface area contributed by atoms with Gasteiger partial charge in [-0.15, -0.1) is 0 Å². The second-order valence-electron chi connectivity index (χ2n) is 7.21. The second kappa shape index (κ2) is 8.61. The monoisotopic (exact) mass is 388 g/mol. The van der Waals surface area contributed by atoms with E-state index in [0.29, 0.717) is 16.9 Å². The van der Waals surface area contributed by atoms with Crippen molar-refractivity contribution in [2.24, 2.45) is 0 Å². The van der Waals surface area contributed by atoms with E-state index in [1.165, 1.54) is 0 Å². The minimum atomic E-state index is -0.675. The molecule has 0 saturated heterocycles. The van der Waals surface area contributed by atoms with Gasteiger partial charge in [-0.2, -0.15) is 0 Å². The summed E-state index contributed by atoms with van der Waals surface area (Å²) in [6.45, 7) is 3.77. The highest BCUT2D eigenvalue weighted by atomic mass is 16.5. The number of rotatable bonds is 6. The van der Waals surface area contributed by atoms with Crippen LogP contribution in [0.5, 0.6) is 5.75 Å². The Morgan fingerprint density at radius 1 is 0.759 bits per heavy atom. The fourth-order valence-electron chi connectivity index (χ4n) is 2.86. The zero-order chi connectivity index (χ0) is 20.9. The molecular weight excluding hydrogens is 364 g/mol. The predicted octanol–water partition coefficient (Wildman–Crippen LogP) is 4.86. The molecule has 0 bridgehead atoms. The van der Waals surface area contributed by atoms with Gasteiger partial charge in [0.1, 0.15) is 5.75 Å². The Bertz CT molecular complexity index is 979. The zero-order valence-corrected chi connectivity index (χ0v) is 16.7. The summed E-state index contributed by atoms with van der Waals surface area (Å²) >= 11 is 0. The maximum Gasteiger partial charge on any atom is 0.255 e. The normalized spacial score (nSPS) is 10.9. The van der Waals surface area contributed by atoms with Gasteiger partial charge in [-0.1, -0.05) is 30.3 Å². The molecule has 0 aliphatic carbocycles. The van der Waals surface area contributed by atoms with E-state index in [1.54, 1.807) is 55.6 Å². The molecule has 5 heteroatoms. The number of ether oxygens (including phenoxy) is 1. The highest BCUT2D eigenvalue weighted by Gasteiger charge is 2.29. The molecule has 2 amide bonds. The Morgan fingerprint density at radius 3 is 1.90 bits per heavy atom. The molecule has 0 unspecified atom stereocenters. The highest BCUT2D eigenvalue weighted by Crippen LogP contribution is 2.25. The lowest BCUT2D eigenvalue weighted by molar-refractivity contribution is -0.120. The molecule has 0 aromatic heterocycles. The van der Waals surface area contributed by atoms with E-state index in [4.69, 9.17) is 4.74 Å². The maximum absolute atomic E-state index is 12.7. The van der Waals surface area contributed by atoms with Gasteiger partial charge in [0, 0.05) is 16.9 Å². The number of amides is 2. The molecule has 0 aliphatic heterocycles. The number of hydrogen-bond acceptors (Lipinski definition) is 3. The summed E-state index contributed by atoms with van der Waals surface area (Å²) in [4.78, 5) is 25.2. The van der Waals surface area contributed by atoms with Crippen LogP contribution < -0.4 is 15.4 Å². The van der Waals surface area contributed by atoms with Crippen molar-refractivity contribution >= 4 is 23.2 Å². The van der Waals surface area contributed by atoms with Gasteiger partial charge in [0.15, 0.2) is 0 Å². The van der Waals surface area contributed by atoms with Crippen LogP contribution in [0.2, 0.25) is 0 Å². The fraction of sp³-hybridized carbons (Fsp3) is 0.167. The number of benzene rings is 3. The number of methoxy groups -OCH3 is 1. The minimum Gasteiger partial charge on any atom is -0.497 e. The lowest BCUT2D eigenvalue weighted by atomic mass is 9.83. The molecule has 3 aromatic rings. The van der Waals surface area contributed by atoms with Crippen molar-refractivity contribution in [3.63, 3.8) is 0 Å². The SMILES string of the molecule is COc1ccc(NC(=O)c2ccc(NC(=O)C(C)(C)c3ccccc3)cc2)cc1. The molecule has 0 atom stereocenters. The zero-order valence-electron chi connectivity index (χ0n) is 16.7. The summed E-state index contributed by atoms with van der Waals surface area (Å²) in [5.74, 6) is 0.387. The summed E-state index contributed by atoms with van der Waals surface area (Å²) in [5, 5.41) is 5.76. The van der Waals surface area contributed by atoms with Crippen LogP contribution in [-0.2, 0) is 10.2 Å². The number of carbonyl (C=O) groups excluding carboxylic acids is 2. The Kier molecular flexibility index (Phi) is 5.98. The number of nitrogens with one attached hydrogen (secondary N) is 2. The van der Waals surface area contributed by atoms with Gasteiger partial charge in [-0.3, -0.25) is 9.59 Å². The van der Waals surface area contributed by atoms with Crippen molar-refractivity contribution in [3.8, 4) is 5.75 Å². The largest absolute Gasteiger partial charge is 0.497 e. The predicted molar refractivity (Wildman–Crippen MR) is 115 cm³/mol. The summed E-state index contributed by atoms with van der Waals surface area (Å²) in [5.41, 5.74) is 2.08. The van der Waals surface area contributed by atoms with Crippen LogP contribution >= 0.6 is 0 Å². The summed E-state index contributed by atoms with van der Waals surface area (Å²) in [7, 11) is 1.59. The van der Waals surface area contributed by atoms with Crippen LogP contribution in [0.3, 0.4) is 0 Å². The van der Waals surface area contributed by atoms with Gasteiger partial charge in [0.05, 0.1) is 12.5 Å². The van der Waals surface area contributed by atoms with E-state index in [2.05, 4.69) is 10.6 Å². The number of anilines is 2. The molecular formula is C24H24N2O3. The van der Waals surface area contributed by atoms with Crippen LogP contribution in [0, 0.1) is 0 Å². The van der Waals surface area contributed by atoms with Crippen molar-refractivity contribution in [1.82, 2.24) is 0 Å². The van der Waals surface area contributed by atoms with Crippen molar-refractivity contribution in [1.29, 1.82) is 0 Å². The minimum absolute atomic E-state index is 0.112. The fourth-order valence-corrected chi connectivity index (χ4v) is 2.86. The second-order valence-corrected chi connectivity index (χ2v) is 7.21. The molecule has 0 spiro atoms. The van der Waals surface area contributed by atoms with E-state index in [0.717, 1.165) is 11.3 Å². The Hall–Kier alpha value is -3.60. The van der Waals surface area contributed by atoms with Gasteiger partial charge >= 0.3 is 0 Å². The molecule has 148 valence electrons. The first-order chi connectivity index (χ1) is 13.9. The van der Waals surface area contributed by atoms with Crippen LogP contribution in [0.15, 0.2) is 78.9 Å². The first-order valence-corrected chi connectivity index (χ1v) is 9.32. The average Bonchev–Trinajstić information content (AvgIpc) is 2.75. The van der Waals surface area contributed by atoms with E-state index in [1.807, 2.05) is 44.2 Å². The molecule has 0 radical (unpaired) electrons. The third-order valence-corrected chi connectivity index (χ3v) is 4.82. The topological polar surface area (TPSA) is 67.4 Å². The first-order valence-electron chi connectivity index (χ1n) is 9.32. The molecule has 0 heterocycles. The summed E-state index contributed by atoms with van der Waals surface area (Å²) in [6.07, 6.45) is 0. The third kappa shape index (κ3) is 4.82. The van der Waals surface area contributed by atoms with Crippen molar-refractivity contribution in [3.05, 3.63) is 90.0 Å². The lowest BCUT2D eigenvalue weighted by Gasteiger charge is -2.24. The van der Waals surface area contributed by atoms with Gasteiger partial charge in [0.25, 0.3) is 5.91 Å². The molecule has 29 heavy (non-hydrogen) atoms. The van der Waals surface area contributed by atoms with Crippen LogP contribution in [0.1, 0.15) is 29.8 Å². The van der Waals surface area contributed by atoms with Crippen LogP contribution in [0.25, 0.3) is 0 Å². The quantitative estimate of drug-likeness (QED) is 0.633. The maximum atomic E-state index is 12.7. The summed E-state index contributed by atoms with van der Waals surface area (Å²) < 4.78 is 5.11. The van der Waals surface area contributed by atoms with E-state index < -0.39 is 5.41 Å². The molecule has 2 N–H and O–H groups in total. The third-order valence-electron chi connectivity index (χ3n) is 4.82. The molecule has 5 nitrogen and oxygen atoms in total. The Labute approximate surface area is 170 Å². The summed E-state index contributed by atoms with van der Waals surface area (Å²) in [6, 6.07) is 23.6. The van der Waals surface area contributed by atoms with Crippen molar-refractivity contribution in [2.75, 3.05) is 17.7 Å². The molecule has 3 rings (SSSR count). The molecule has 0 saturated carbocycles. The van der Waals surface area contributed by atoms with E-state index in [9.17, 15) is 9.59 Å². The number of hydrogen-bond donors (Lipinski definition) is 2. The standard InChI is InChI=1S/C24H24N2O3/c1-24(2,18-7-5-4-6-8-18)23(28)26-20-11-9-17(10-12-20)22(27)25-19-13-15-21(29-3)16-14-19/h4-16H,1-3H3,(H,25,27)(H,26,28). The molecule has 0 aliphatic rings. The van der Waals surface area contributed by atoms with E-state index >= 15 is 0 Å². The van der Waals surface area contributed by atoms with Gasteiger partial charge in [-0.05, 0) is 67.9 Å². The van der Waals surface area contributed by atoms with Gasteiger partial charge < -0.3 is 15.4 Å². The lowest BCUT2D eigenvalue weighted by Crippen LogP contribution is -2.34. The van der Waals surface area contributed by atoms with Gasteiger partial charge in [0.2, 0.25) is 5.91 Å². The van der Waals surface area contributed by atoms with Crippen molar-refractivity contribution < 1.29 is 14.3 Å². The van der Waals surface area contributed by atoms with Crippen molar-refractivity contribution in [2.45, 2.75) is 19.3 Å². The highest BCUT2D eigenvalue weighted by molar-refractivity contribution is 6.05. The molecule has 3 aromatic carbocycles. The van der Waals surface area contributed by atoms with E-state index in [-0.39, 0.29) is 11.8 Å². The molecule has 0 fully saturated rings. The Morgan fingerprint density at radius 2 is 1.31 bits per heavy atom. The smallest absolute Gasteiger partial charge is 0.255 e.